The molecule has 4 heterocycles. The highest BCUT2D eigenvalue weighted by Crippen LogP contribution is 2.38. The van der Waals surface area contributed by atoms with Gasteiger partial charge in [0, 0.05) is 37.2 Å². The Hall–Kier alpha value is -0.850. The summed E-state index contributed by atoms with van der Waals surface area (Å²) in [6, 6.07) is 0. The Morgan fingerprint density at radius 2 is 1.79 bits per heavy atom. The Bertz CT molecular complexity index is 531. The average molecular weight is 392 g/mol. The van der Waals surface area contributed by atoms with Crippen LogP contribution in [0.2, 0.25) is 0 Å². The summed E-state index contributed by atoms with van der Waals surface area (Å²) in [4.78, 5) is 13.1. The predicted molar refractivity (Wildman–Crippen MR) is 115 cm³/mol. The van der Waals surface area contributed by atoms with Gasteiger partial charge in [0.1, 0.15) is 0 Å². The van der Waals surface area contributed by atoms with Gasteiger partial charge in [-0.3, -0.25) is 9.89 Å². The number of hydrogen-bond acceptors (Lipinski definition) is 4. The second kappa shape index (κ2) is 8.88. The van der Waals surface area contributed by atoms with Crippen molar-refractivity contribution in [3.63, 3.8) is 0 Å². The van der Waals surface area contributed by atoms with Crippen molar-refractivity contribution in [1.29, 1.82) is 0 Å². The van der Waals surface area contributed by atoms with Crippen LogP contribution in [-0.2, 0) is 4.74 Å². The van der Waals surface area contributed by atoms with Crippen molar-refractivity contribution in [2.45, 2.75) is 57.4 Å². The molecule has 4 aliphatic heterocycles. The number of ether oxygens (including phenoxy) is 1. The van der Waals surface area contributed by atoms with Crippen LogP contribution < -0.4 is 5.32 Å². The maximum absolute atomic E-state index is 5.73. The quantitative estimate of drug-likeness (QED) is 0.587. The van der Waals surface area contributed by atoms with Crippen molar-refractivity contribution < 1.29 is 4.74 Å². The summed E-state index contributed by atoms with van der Waals surface area (Å²) in [5, 5.41) is 3.61. The number of hydrogen-bond donors (Lipinski definition) is 1. The van der Waals surface area contributed by atoms with Crippen LogP contribution in [0.1, 0.15) is 51.9 Å². The molecular weight excluding hydrogens is 350 g/mol. The Labute approximate surface area is 171 Å². The van der Waals surface area contributed by atoms with Gasteiger partial charge in [-0.1, -0.05) is 6.42 Å². The monoisotopic (exact) mass is 391 g/mol. The molecule has 4 fully saturated rings. The van der Waals surface area contributed by atoms with Crippen molar-refractivity contribution in [1.82, 2.24) is 20.0 Å². The number of likely N-dealkylation sites (tertiary alicyclic amines) is 3. The molecule has 1 spiro atoms. The van der Waals surface area contributed by atoms with E-state index in [1.54, 1.807) is 0 Å². The molecule has 0 saturated carbocycles. The summed E-state index contributed by atoms with van der Waals surface area (Å²) in [5.74, 6) is 1.14. The third-order valence-electron chi connectivity index (χ3n) is 7.73. The molecule has 4 aliphatic rings. The number of nitrogens with zero attached hydrogens (tertiary/aromatic N) is 4. The molecule has 0 aromatic carbocycles. The second-order valence-electron chi connectivity index (χ2n) is 9.72. The Balaban J connectivity index is 1.48. The molecular formula is C22H41N5O. The molecule has 6 heteroatoms. The van der Waals surface area contributed by atoms with E-state index in [9.17, 15) is 0 Å². The van der Waals surface area contributed by atoms with Gasteiger partial charge in [-0.2, -0.15) is 0 Å². The molecule has 0 radical (unpaired) electrons. The molecule has 6 nitrogen and oxygen atoms in total. The van der Waals surface area contributed by atoms with Gasteiger partial charge >= 0.3 is 0 Å². The molecule has 0 aromatic rings. The first-order valence-corrected chi connectivity index (χ1v) is 11.7. The smallest absolute Gasteiger partial charge is 0.194 e. The highest BCUT2D eigenvalue weighted by molar-refractivity contribution is 5.80. The van der Waals surface area contributed by atoms with Gasteiger partial charge < -0.3 is 19.9 Å². The van der Waals surface area contributed by atoms with Crippen LogP contribution in [0.15, 0.2) is 4.99 Å². The fraction of sp³-hybridized carbons (Fsp3) is 0.955. The van der Waals surface area contributed by atoms with Crippen molar-refractivity contribution in [2.75, 3.05) is 72.6 Å². The van der Waals surface area contributed by atoms with E-state index in [-0.39, 0.29) is 5.54 Å². The van der Waals surface area contributed by atoms with E-state index in [2.05, 4.69) is 34.0 Å². The molecule has 28 heavy (non-hydrogen) atoms. The fourth-order valence-corrected chi connectivity index (χ4v) is 5.71. The molecule has 1 atom stereocenters. The summed E-state index contributed by atoms with van der Waals surface area (Å²) in [5.41, 5.74) is 0.649. The van der Waals surface area contributed by atoms with Gasteiger partial charge in [0.05, 0.1) is 13.2 Å². The molecule has 160 valence electrons. The maximum Gasteiger partial charge on any atom is 0.194 e. The molecule has 0 aliphatic carbocycles. The Morgan fingerprint density at radius 1 is 1.00 bits per heavy atom. The molecule has 0 bridgehead atoms. The maximum atomic E-state index is 5.73. The lowest BCUT2D eigenvalue weighted by Gasteiger charge is -2.49. The first-order chi connectivity index (χ1) is 13.6. The third-order valence-corrected chi connectivity index (χ3v) is 7.73. The van der Waals surface area contributed by atoms with Crippen LogP contribution in [0.25, 0.3) is 0 Å². The van der Waals surface area contributed by atoms with Crippen LogP contribution >= 0.6 is 0 Å². The van der Waals surface area contributed by atoms with E-state index in [4.69, 9.17) is 9.73 Å². The van der Waals surface area contributed by atoms with Gasteiger partial charge in [0.15, 0.2) is 5.96 Å². The highest BCUT2D eigenvalue weighted by Gasteiger charge is 2.43. The molecule has 4 saturated heterocycles. The van der Waals surface area contributed by atoms with Crippen molar-refractivity contribution in [2.24, 2.45) is 10.4 Å². The van der Waals surface area contributed by atoms with Gasteiger partial charge in [-0.25, -0.2) is 0 Å². The van der Waals surface area contributed by atoms with Gasteiger partial charge in [0.25, 0.3) is 0 Å². The molecule has 0 amide bonds. The highest BCUT2D eigenvalue weighted by atomic mass is 16.5. The SMILES string of the molecule is CCNC(=NCC1(N2CCCCC2)CCN(C)CC1)N1CCC2(CCOC2)C1. The molecule has 4 rings (SSSR count). The topological polar surface area (TPSA) is 43.3 Å². The zero-order valence-electron chi connectivity index (χ0n) is 18.2. The number of aliphatic imine (C=N–C) groups is 1. The van der Waals surface area contributed by atoms with E-state index in [0.717, 1.165) is 45.4 Å². The minimum absolute atomic E-state index is 0.265. The van der Waals surface area contributed by atoms with E-state index >= 15 is 0 Å². The van der Waals surface area contributed by atoms with E-state index < -0.39 is 0 Å². The van der Waals surface area contributed by atoms with Crippen LogP contribution in [-0.4, -0.2) is 98.8 Å². The first-order valence-electron chi connectivity index (χ1n) is 11.7. The zero-order chi connectivity index (χ0) is 19.5. The number of rotatable bonds is 4. The summed E-state index contributed by atoms with van der Waals surface area (Å²) < 4.78 is 5.73. The van der Waals surface area contributed by atoms with E-state index in [0.29, 0.717) is 5.41 Å². The van der Waals surface area contributed by atoms with Crippen LogP contribution in [0.3, 0.4) is 0 Å². The first kappa shape index (κ1) is 20.4. The van der Waals surface area contributed by atoms with Crippen LogP contribution in [0, 0.1) is 5.41 Å². The Kier molecular flexibility index (Phi) is 6.48. The van der Waals surface area contributed by atoms with Crippen molar-refractivity contribution in [3.05, 3.63) is 0 Å². The van der Waals surface area contributed by atoms with Crippen LogP contribution in [0.4, 0.5) is 0 Å². The Morgan fingerprint density at radius 3 is 2.46 bits per heavy atom. The lowest BCUT2D eigenvalue weighted by Crippen LogP contribution is -2.58. The summed E-state index contributed by atoms with van der Waals surface area (Å²) >= 11 is 0. The largest absolute Gasteiger partial charge is 0.381 e. The van der Waals surface area contributed by atoms with E-state index in [1.165, 1.54) is 71.1 Å². The van der Waals surface area contributed by atoms with Crippen molar-refractivity contribution >= 4 is 5.96 Å². The summed E-state index contributed by atoms with van der Waals surface area (Å²) in [6.07, 6.45) is 9.09. The van der Waals surface area contributed by atoms with Gasteiger partial charge in [-0.15, -0.1) is 0 Å². The van der Waals surface area contributed by atoms with Gasteiger partial charge in [0.2, 0.25) is 0 Å². The fourth-order valence-electron chi connectivity index (χ4n) is 5.71. The lowest BCUT2D eigenvalue weighted by atomic mass is 9.84. The molecule has 0 aromatic heterocycles. The zero-order valence-corrected chi connectivity index (χ0v) is 18.2. The summed E-state index contributed by atoms with van der Waals surface area (Å²) in [7, 11) is 2.26. The second-order valence-corrected chi connectivity index (χ2v) is 9.72. The third kappa shape index (κ3) is 4.34. The predicted octanol–water partition coefficient (Wildman–Crippen LogP) is 2.01. The van der Waals surface area contributed by atoms with Crippen LogP contribution in [0.5, 0.6) is 0 Å². The minimum atomic E-state index is 0.265. The summed E-state index contributed by atoms with van der Waals surface area (Å²) in [6.45, 7) is 13.1. The van der Waals surface area contributed by atoms with Crippen molar-refractivity contribution in [3.8, 4) is 0 Å². The normalized spacial score (nSPS) is 32.4. The van der Waals surface area contributed by atoms with Gasteiger partial charge in [-0.05, 0) is 78.7 Å². The number of guanidine groups is 1. The standard InChI is InChI=1S/C22H41N5O/c1-3-23-20(26-15-7-21(18-26)10-16-28-19-21)24-17-22(8-13-25(2)14-9-22)27-11-5-4-6-12-27/h3-19H2,1-2H3,(H,23,24). The number of piperidine rings is 2. The molecule has 1 unspecified atom stereocenters. The van der Waals surface area contributed by atoms with E-state index in [1.807, 2.05) is 0 Å². The minimum Gasteiger partial charge on any atom is -0.381 e. The molecule has 1 N–H and O–H groups in total. The number of nitrogens with one attached hydrogen (secondary N) is 1. The lowest BCUT2D eigenvalue weighted by molar-refractivity contribution is 0.0206. The average Bonchev–Trinajstić information content (AvgIpc) is 3.37.